The van der Waals surface area contributed by atoms with Gasteiger partial charge in [-0.25, -0.2) is 13.1 Å². The van der Waals surface area contributed by atoms with Gasteiger partial charge in [-0.1, -0.05) is 0 Å². The normalized spacial score (nSPS) is 12.9. The minimum Gasteiger partial charge on any atom is -0.395 e. The fourth-order valence-corrected chi connectivity index (χ4v) is 2.53. The molecule has 98 valence electrons. The standard InChI is InChI=1S/C11H14N2O4S/c1-17-8-10(7-14)13-18(15,16)11-4-2-9(6-12)3-5-11/h2-5,10,13-14H,7-8H2,1H3. The number of nitrogens with one attached hydrogen (secondary N) is 1. The van der Waals surface area contributed by atoms with Crippen LogP contribution in [0.2, 0.25) is 0 Å². The Kier molecular flexibility index (Phi) is 5.25. The Hall–Kier alpha value is -1.46. The summed E-state index contributed by atoms with van der Waals surface area (Å²) in [7, 11) is -2.30. The van der Waals surface area contributed by atoms with E-state index in [0.29, 0.717) is 5.56 Å². The molecule has 0 radical (unpaired) electrons. The zero-order chi connectivity index (χ0) is 13.6. The van der Waals surface area contributed by atoms with Crippen molar-refractivity contribution in [2.45, 2.75) is 10.9 Å². The molecule has 0 heterocycles. The van der Waals surface area contributed by atoms with Crippen LogP contribution in [-0.4, -0.2) is 39.9 Å². The van der Waals surface area contributed by atoms with Crippen LogP contribution in [0.1, 0.15) is 5.56 Å². The average molecular weight is 270 g/mol. The van der Waals surface area contributed by atoms with Crippen molar-refractivity contribution < 1.29 is 18.3 Å². The summed E-state index contributed by atoms with van der Waals surface area (Å²) in [5.74, 6) is 0. The number of methoxy groups -OCH3 is 1. The second-order valence-corrected chi connectivity index (χ2v) is 5.31. The molecule has 1 rings (SSSR count). The van der Waals surface area contributed by atoms with E-state index in [9.17, 15) is 8.42 Å². The van der Waals surface area contributed by atoms with Gasteiger partial charge in [0.2, 0.25) is 10.0 Å². The second kappa shape index (κ2) is 6.47. The fourth-order valence-electron chi connectivity index (χ4n) is 1.32. The third-order valence-corrected chi connectivity index (χ3v) is 3.74. The first kappa shape index (κ1) is 14.6. The average Bonchev–Trinajstić information content (AvgIpc) is 2.38. The lowest BCUT2D eigenvalue weighted by molar-refractivity contribution is 0.139. The summed E-state index contributed by atoms with van der Waals surface area (Å²) in [4.78, 5) is 0.0380. The van der Waals surface area contributed by atoms with Crippen LogP contribution in [-0.2, 0) is 14.8 Å². The molecule has 6 nitrogen and oxygen atoms in total. The lowest BCUT2D eigenvalue weighted by atomic mass is 10.2. The van der Waals surface area contributed by atoms with Gasteiger partial charge in [0.15, 0.2) is 0 Å². The molecule has 1 atom stereocenters. The van der Waals surface area contributed by atoms with E-state index in [4.69, 9.17) is 15.1 Å². The highest BCUT2D eigenvalue weighted by molar-refractivity contribution is 7.89. The number of ether oxygens (including phenoxy) is 1. The number of aliphatic hydroxyl groups excluding tert-OH is 1. The molecule has 18 heavy (non-hydrogen) atoms. The molecule has 2 N–H and O–H groups in total. The molecule has 0 bridgehead atoms. The number of rotatable bonds is 6. The van der Waals surface area contributed by atoms with Gasteiger partial charge in [0.25, 0.3) is 0 Å². The summed E-state index contributed by atoms with van der Waals surface area (Å²) >= 11 is 0. The van der Waals surface area contributed by atoms with Crippen molar-refractivity contribution >= 4 is 10.0 Å². The zero-order valence-electron chi connectivity index (χ0n) is 9.83. The second-order valence-electron chi connectivity index (χ2n) is 3.59. The molecular weight excluding hydrogens is 256 g/mol. The minimum atomic E-state index is -3.72. The predicted molar refractivity (Wildman–Crippen MR) is 64.2 cm³/mol. The van der Waals surface area contributed by atoms with Gasteiger partial charge in [-0.2, -0.15) is 5.26 Å². The molecular formula is C11H14N2O4S. The molecule has 0 aliphatic heterocycles. The van der Waals surface area contributed by atoms with E-state index in [-0.39, 0.29) is 18.1 Å². The van der Waals surface area contributed by atoms with Crippen molar-refractivity contribution in [3.63, 3.8) is 0 Å². The number of sulfonamides is 1. The van der Waals surface area contributed by atoms with Crippen molar-refractivity contribution in [1.29, 1.82) is 5.26 Å². The Morgan fingerprint density at radius 3 is 2.50 bits per heavy atom. The number of hydrogen-bond donors (Lipinski definition) is 2. The molecule has 0 aliphatic rings. The Morgan fingerprint density at radius 1 is 1.44 bits per heavy atom. The van der Waals surface area contributed by atoms with Crippen molar-refractivity contribution in [1.82, 2.24) is 4.72 Å². The Morgan fingerprint density at radius 2 is 2.06 bits per heavy atom. The number of nitriles is 1. The Bertz CT molecular complexity index is 519. The zero-order valence-corrected chi connectivity index (χ0v) is 10.6. The highest BCUT2D eigenvalue weighted by Crippen LogP contribution is 2.10. The van der Waals surface area contributed by atoms with E-state index >= 15 is 0 Å². The van der Waals surface area contributed by atoms with Crippen LogP contribution in [0.5, 0.6) is 0 Å². The number of hydrogen-bond acceptors (Lipinski definition) is 5. The SMILES string of the molecule is COCC(CO)NS(=O)(=O)c1ccc(C#N)cc1. The Balaban J connectivity index is 2.88. The van der Waals surface area contributed by atoms with E-state index in [1.807, 2.05) is 6.07 Å². The van der Waals surface area contributed by atoms with Crippen LogP contribution in [0.25, 0.3) is 0 Å². The molecule has 0 fully saturated rings. The summed E-state index contributed by atoms with van der Waals surface area (Å²) in [6.07, 6.45) is 0. The van der Waals surface area contributed by atoms with Gasteiger partial charge in [0.05, 0.1) is 35.8 Å². The third kappa shape index (κ3) is 3.78. The lowest BCUT2D eigenvalue weighted by Crippen LogP contribution is -2.40. The first-order valence-electron chi connectivity index (χ1n) is 5.15. The predicted octanol–water partition coefficient (Wildman–Crippen LogP) is -0.156. The van der Waals surface area contributed by atoms with Gasteiger partial charge in [-0.15, -0.1) is 0 Å². The summed E-state index contributed by atoms with van der Waals surface area (Å²) in [5, 5.41) is 17.6. The van der Waals surface area contributed by atoms with Crippen LogP contribution in [0.15, 0.2) is 29.2 Å². The van der Waals surface area contributed by atoms with Crippen molar-refractivity contribution in [3.8, 4) is 6.07 Å². The van der Waals surface area contributed by atoms with Crippen LogP contribution < -0.4 is 4.72 Å². The van der Waals surface area contributed by atoms with Crippen LogP contribution >= 0.6 is 0 Å². The molecule has 1 unspecified atom stereocenters. The minimum absolute atomic E-state index is 0.0380. The number of benzene rings is 1. The van der Waals surface area contributed by atoms with Gasteiger partial charge in [0, 0.05) is 7.11 Å². The number of nitrogens with zero attached hydrogens (tertiary/aromatic N) is 1. The third-order valence-electron chi connectivity index (χ3n) is 2.20. The fraction of sp³-hybridized carbons (Fsp3) is 0.364. The van der Waals surface area contributed by atoms with Gasteiger partial charge < -0.3 is 9.84 Å². The van der Waals surface area contributed by atoms with Gasteiger partial charge in [-0.3, -0.25) is 0 Å². The summed E-state index contributed by atoms with van der Waals surface area (Å²) < 4.78 is 30.9. The lowest BCUT2D eigenvalue weighted by Gasteiger charge is -2.15. The molecule has 0 saturated heterocycles. The smallest absolute Gasteiger partial charge is 0.240 e. The van der Waals surface area contributed by atoms with Gasteiger partial charge in [-0.05, 0) is 24.3 Å². The largest absolute Gasteiger partial charge is 0.395 e. The van der Waals surface area contributed by atoms with Crippen LogP contribution in [0.4, 0.5) is 0 Å². The summed E-state index contributed by atoms with van der Waals surface area (Å²) in [6.45, 7) is -0.282. The van der Waals surface area contributed by atoms with E-state index in [1.165, 1.54) is 31.4 Å². The van der Waals surface area contributed by atoms with Gasteiger partial charge >= 0.3 is 0 Å². The Labute approximate surface area is 106 Å². The highest BCUT2D eigenvalue weighted by Gasteiger charge is 2.19. The van der Waals surface area contributed by atoms with Crippen molar-refractivity contribution in [2.24, 2.45) is 0 Å². The van der Waals surface area contributed by atoms with Crippen molar-refractivity contribution in [2.75, 3.05) is 20.3 Å². The molecule has 0 saturated carbocycles. The van der Waals surface area contributed by atoms with Crippen LogP contribution in [0.3, 0.4) is 0 Å². The molecule has 0 spiro atoms. The molecule has 0 amide bonds. The van der Waals surface area contributed by atoms with E-state index in [0.717, 1.165) is 0 Å². The first-order valence-corrected chi connectivity index (χ1v) is 6.64. The molecule has 7 heteroatoms. The van der Waals surface area contributed by atoms with E-state index < -0.39 is 16.1 Å². The van der Waals surface area contributed by atoms with E-state index in [2.05, 4.69) is 4.72 Å². The number of aliphatic hydroxyl groups is 1. The maximum absolute atomic E-state index is 11.9. The molecule has 0 aliphatic carbocycles. The first-order chi connectivity index (χ1) is 8.53. The summed E-state index contributed by atoms with van der Waals surface area (Å²) in [6, 6.07) is 6.71. The molecule has 0 aromatic heterocycles. The molecule has 1 aromatic rings. The highest BCUT2D eigenvalue weighted by atomic mass is 32.2. The van der Waals surface area contributed by atoms with Gasteiger partial charge in [0.1, 0.15) is 0 Å². The van der Waals surface area contributed by atoms with E-state index in [1.54, 1.807) is 0 Å². The maximum atomic E-state index is 11.9. The molecule has 1 aromatic carbocycles. The van der Waals surface area contributed by atoms with Crippen molar-refractivity contribution in [3.05, 3.63) is 29.8 Å². The maximum Gasteiger partial charge on any atom is 0.240 e. The monoisotopic (exact) mass is 270 g/mol. The van der Waals surface area contributed by atoms with Crippen LogP contribution in [0, 0.1) is 11.3 Å². The summed E-state index contributed by atoms with van der Waals surface area (Å²) in [5.41, 5.74) is 0.379. The topological polar surface area (TPSA) is 99.4 Å². The quantitative estimate of drug-likeness (QED) is 0.748.